The van der Waals surface area contributed by atoms with Gasteiger partial charge in [0.2, 0.25) is 0 Å². The predicted molar refractivity (Wildman–Crippen MR) is 65.4 cm³/mol. The molecule has 5 nitrogen and oxygen atoms in total. The van der Waals surface area contributed by atoms with Crippen molar-refractivity contribution in [2.75, 3.05) is 36.8 Å². The molecule has 0 atom stereocenters. The van der Waals surface area contributed by atoms with Crippen molar-refractivity contribution in [3.05, 3.63) is 12.1 Å². The maximum atomic E-state index is 5.52. The van der Waals surface area contributed by atoms with Crippen LogP contribution in [0.3, 0.4) is 0 Å². The second-order valence-electron chi connectivity index (χ2n) is 4.43. The Balaban J connectivity index is 1.96. The van der Waals surface area contributed by atoms with Gasteiger partial charge in [-0.1, -0.05) is 0 Å². The Morgan fingerprint density at radius 3 is 2.31 bits per heavy atom. The molecule has 0 aromatic carbocycles. The molecule has 0 radical (unpaired) electrons. The van der Waals surface area contributed by atoms with Crippen molar-refractivity contribution in [1.82, 2.24) is 15.1 Å². The Morgan fingerprint density at radius 2 is 1.81 bits per heavy atom. The van der Waals surface area contributed by atoms with Gasteiger partial charge in [-0.2, -0.15) is 0 Å². The summed E-state index contributed by atoms with van der Waals surface area (Å²) in [5.74, 6) is 1.40. The number of piperazine rings is 1. The molecule has 0 amide bonds. The molecule has 0 unspecified atom stereocenters. The zero-order valence-corrected chi connectivity index (χ0v) is 9.93. The van der Waals surface area contributed by atoms with Gasteiger partial charge in [-0.15, -0.1) is 10.2 Å². The minimum absolute atomic E-state index is 0.476. The van der Waals surface area contributed by atoms with Crippen LogP contribution in [0, 0.1) is 0 Å². The number of anilines is 2. The zero-order chi connectivity index (χ0) is 11.5. The first-order valence-corrected chi connectivity index (χ1v) is 5.75. The van der Waals surface area contributed by atoms with Gasteiger partial charge in [0, 0.05) is 32.2 Å². The van der Waals surface area contributed by atoms with Crippen LogP contribution in [0.2, 0.25) is 0 Å². The highest BCUT2D eigenvalue weighted by Crippen LogP contribution is 2.14. The fraction of sp³-hybridized carbons (Fsp3) is 0.636. The highest BCUT2D eigenvalue weighted by molar-refractivity contribution is 5.41. The van der Waals surface area contributed by atoms with Gasteiger partial charge in [0.25, 0.3) is 0 Å². The first kappa shape index (κ1) is 11.1. The molecular weight excluding hydrogens is 202 g/mol. The number of aromatic nitrogens is 2. The minimum Gasteiger partial charge on any atom is -0.382 e. The number of nitrogens with two attached hydrogens (primary N) is 1. The van der Waals surface area contributed by atoms with Gasteiger partial charge in [0.15, 0.2) is 5.82 Å². The van der Waals surface area contributed by atoms with Gasteiger partial charge in [-0.05, 0) is 26.0 Å². The Bertz CT molecular complexity index is 327. The third-order valence-electron chi connectivity index (χ3n) is 3.04. The number of nitrogens with zero attached hydrogens (tertiary/aromatic N) is 4. The Hall–Kier alpha value is -1.36. The zero-order valence-electron chi connectivity index (χ0n) is 9.93. The molecule has 1 aromatic rings. The van der Waals surface area contributed by atoms with Crippen LogP contribution in [-0.4, -0.2) is 47.3 Å². The summed E-state index contributed by atoms with van der Waals surface area (Å²) in [4.78, 5) is 4.73. The third kappa shape index (κ3) is 2.41. The molecule has 0 aliphatic carbocycles. The maximum Gasteiger partial charge on any atom is 0.151 e. The third-order valence-corrected chi connectivity index (χ3v) is 3.04. The van der Waals surface area contributed by atoms with Crippen molar-refractivity contribution in [3.63, 3.8) is 0 Å². The largest absolute Gasteiger partial charge is 0.382 e. The lowest BCUT2D eigenvalue weighted by molar-refractivity contribution is 0.209. The van der Waals surface area contributed by atoms with E-state index in [2.05, 4.69) is 33.8 Å². The monoisotopic (exact) mass is 221 g/mol. The molecule has 16 heavy (non-hydrogen) atoms. The molecule has 0 spiro atoms. The first-order chi connectivity index (χ1) is 7.66. The van der Waals surface area contributed by atoms with E-state index >= 15 is 0 Å². The number of nitrogen functional groups attached to an aromatic ring is 1. The molecule has 0 bridgehead atoms. The van der Waals surface area contributed by atoms with Gasteiger partial charge >= 0.3 is 0 Å². The molecule has 88 valence electrons. The maximum absolute atomic E-state index is 5.52. The summed E-state index contributed by atoms with van der Waals surface area (Å²) in [7, 11) is 0. The van der Waals surface area contributed by atoms with Crippen LogP contribution in [0.25, 0.3) is 0 Å². The van der Waals surface area contributed by atoms with Crippen LogP contribution >= 0.6 is 0 Å². The van der Waals surface area contributed by atoms with Gasteiger partial charge in [0.05, 0.1) is 0 Å². The quantitative estimate of drug-likeness (QED) is 0.792. The number of hydrogen-bond acceptors (Lipinski definition) is 5. The van der Waals surface area contributed by atoms with Crippen molar-refractivity contribution in [3.8, 4) is 0 Å². The lowest BCUT2D eigenvalue weighted by atomic mass is 10.2. The number of hydrogen-bond donors (Lipinski definition) is 1. The van der Waals surface area contributed by atoms with E-state index in [1.165, 1.54) is 0 Å². The van der Waals surface area contributed by atoms with Gasteiger partial charge in [-0.25, -0.2) is 0 Å². The second kappa shape index (κ2) is 4.65. The minimum atomic E-state index is 0.476. The molecule has 2 heterocycles. The Morgan fingerprint density at radius 1 is 1.12 bits per heavy atom. The van der Waals surface area contributed by atoms with E-state index in [4.69, 9.17) is 5.73 Å². The smallest absolute Gasteiger partial charge is 0.151 e. The molecule has 0 saturated carbocycles. The van der Waals surface area contributed by atoms with E-state index < -0.39 is 0 Å². The van der Waals surface area contributed by atoms with Crippen molar-refractivity contribution < 1.29 is 0 Å². The summed E-state index contributed by atoms with van der Waals surface area (Å²) in [5.41, 5.74) is 5.52. The molecule has 2 rings (SSSR count). The first-order valence-electron chi connectivity index (χ1n) is 5.75. The van der Waals surface area contributed by atoms with Crippen LogP contribution < -0.4 is 10.6 Å². The van der Waals surface area contributed by atoms with Crippen LogP contribution in [0.5, 0.6) is 0 Å². The van der Waals surface area contributed by atoms with Crippen LogP contribution in [-0.2, 0) is 0 Å². The van der Waals surface area contributed by atoms with Crippen molar-refractivity contribution in [2.45, 2.75) is 19.9 Å². The second-order valence-corrected chi connectivity index (χ2v) is 4.43. The molecule has 1 aliphatic heterocycles. The summed E-state index contributed by atoms with van der Waals surface area (Å²) in [5, 5.41) is 7.99. The molecule has 1 fully saturated rings. The van der Waals surface area contributed by atoms with Gasteiger partial charge in [0.1, 0.15) is 5.82 Å². The van der Waals surface area contributed by atoms with Crippen LogP contribution in [0.15, 0.2) is 12.1 Å². The highest BCUT2D eigenvalue weighted by atomic mass is 15.3. The summed E-state index contributed by atoms with van der Waals surface area (Å²) >= 11 is 0. The molecule has 2 N–H and O–H groups in total. The molecule has 1 saturated heterocycles. The lowest BCUT2D eigenvalue weighted by Gasteiger charge is -2.37. The van der Waals surface area contributed by atoms with E-state index in [-0.39, 0.29) is 0 Å². The van der Waals surface area contributed by atoms with E-state index in [1.54, 1.807) is 6.07 Å². The van der Waals surface area contributed by atoms with Crippen molar-refractivity contribution in [1.29, 1.82) is 0 Å². The molecule has 1 aromatic heterocycles. The van der Waals surface area contributed by atoms with Crippen LogP contribution in [0.1, 0.15) is 13.8 Å². The van der Waals surface area contributed by atoms with E-state index in [1.807, 2.05) is 6.07 Å². The SMILES string of the molecule is CC(C)N1CCN(c2ccc(N)nn2)CC1. The van der Waals surface area contributed by atoms with Gasteiger partial charge < -0.3 is 10.6 Å². The van der Waals surface area contributed by atoms with Crippen molar-refractivity contribution >= 4 is 11.6 Å². The van der Waals surface area contributed by atoms with Crippen molar-refractivity contribution in [2.24, 2.45) is 0 Å². The topological polar surface area (TPSA) is 58.3 Å². The summed E-state index contributed by atoms with van der Waals surface area (Å²) in [6.07, 6.45) is 0. The normalized spacial score (nSPS) is 18.1. The molecule has 1 aliphatic rings. The van der Waals surface area contributed by atoms with Crippen LogP contribution in [0.4, 0.5) is 11.6 Å². The summed E-state index contributed by atoms with van der Waals surface area (Å²) in [6, 6.07) is 4.37. The average Bonchev–Trinajstić information content (AvgIpc) is 2.30. The predicted octanol–water partition coefficient (Wildman–Crippen LogP) is 0.589. The van der Waals surface area contributed by atoms with E-state index in [0.717, 1.165) is 32.0 Å². The van der Waals surface area contributed by atoms with Gasteiger partial charge in [-0.3, -0.25) is 4.90 Å². The fourth-order valence-electron chi connectivity index (χ4n) is 1.97. The average molecular weight is 221 g/mol. The standard InChI is InChI=1S/C11H19N5/c1-9(2)15-5-7-16(8-6-15)11-4-3-10(12)13-14-11/h3-4,9H,5-8H2,1-2H3,(H2,12,13). The fourth-order valence-corrected chi connectivity index (χ4v) is 1.97. The summed E-state index contributed by atoms with van der Waals surface area (Å²) in [6.45, 7) is 8.67. The Labute approximate surface area is 96.2 Å². The molecule has 5 heteroatoms. The lowest BCUT2D eigenvalue weighted by Crippen LogP contribution is -2.49. The van der Waals surface area contributed by atoms with E-state index in [9.17, 15) is 0 Å². The number of rotatable bonds is 2. The Kier molecular flexibility index (Phi) is 3.24. The van der Waals surface area contributed by atoms with E-state index in [0.29, 0.717) is 11.9 Å². The highest BCUT2D eigenvalue weighted by Gasteiger charge is 2.19. The summed E-state index contributed by atoms with van der Waals surface area (Å²) < 4.78 is 0. The molecular formula is C11H19N5.